The highest BCUT2D eigenvalue weighted by Crippen LogP contribution is 2.34. The molecule has 1 saturated heterocycles. The van der Waals surface area contributed by atoms with Crippen LogP contribution in [0, 0.1) is 0 Å². The topological polar surface area (TPSA) is 106 Å². The van der Waals surface area contributed by atoms with Crippen LogP contribution in [-0.4, -0.2) is 68.3 Å². The van der Waals surface area contributed by atoms with E-state index in [0.717, 1.165) is 10.9 Å². The average molecular weight is 442 g/mol. The third-order valence-corrected chi connectivity index (χ3v) is 7.73. The Morgan fingerprint density at radius 1 is 1.21 bits per heavy atom. The van der Waals surface area contributed by atoms with Gasteiger partial charge in [-0.15, -0.1) is 0 Å². The van der Waals surface area contributed by atoms with E-state index < -0.39 is 9.84 Å². The molecule has 0 saturated carbocycles. The summed E-state index contributed by atoms with van der Waals surface area (Å²) in [6.45, 7) is 5.40. The van der Waals surface area contributed by atoms with Gasteiger partial charge in [0.25, 0.3) is 5.91 Å². The molecule has 160 valence electrons. The summed E-state index contributed by atoms with van der Waals surface area (Å²) in [4.78, 5) is 16.8. The van der Waals surface area contributed by atoms with Crippen LogP contribution in [0.25, 0.3) is 0 Å². The van der Waals surface area contributed by atoms with E-state index in [9.17, 15) is 13.2 Å². The first-order valence-corrected chi connectivity index (χ1v) is 12.4. The number of rotatable bonds is 9. The summed E-state index contributed by atoms with van der Waals surface area (Å²) in [5, 5.41) is 6.80. The fourth-order valence-electron chi connectivity index (χ4n) is 3.24. The van der Waals surface area contributed by atoms with Gasteiger partial charge in [0.1, 0.15) is 0 Å². The van der Waals surface area contributed by atoms with Crippen LogP contribution in [-0.2, 0) is 19.3 Å². The molecule has 2 heterocycles. The minimum atomic E-state index is -2.95. The normalized spacial score (nSPS) is 22.4. The Labute approximate surface area is 175 Å². The van der Waals surface area contributed by atoms with Crippen molar-refractivity contribution < 1.29 is 22.7 Å². The van der Waals surface area contributed by atoms with Crippen molar-refractivity contribution in [1.82, 2.24) is 5.32 Å². The van der Waals surface area contributed by atoms with Crippen molar-refractivity contribution in [2.45, 2.75) is 37.9 Å². The van der Waals surface area contributed by atoms with Crippen molar-refractivity contribution in [3.63, 3.8) is 0 Å². The number of ether oxygens (including phenoxy) is 2. The van der Waals surface area contributed by atoms with Crippen molar-refractivity contribution in [2.24, 2.45) is 4.99 Å². The van der Waals surface area contributed by atoms with E-state index in [1.54, 1.807) is 12.1 Å². The predicted molar refractivity (Wildman–Crippen MR) is 115 cm³/mol. The van der Waals surface area contributed by atoms with Gasteiger partial charge in [-0.1, -0.05) is 11.8 Å². The molecule has 0 unspecified atom stereocenters. The second-order valence-electron chi connectivity index (χ2n) is 6.82. The van der Waals surface area contributed by atoms with Gasteiger partial charge in [0, 0.05) is 42.7 Å². The fourth-order valence-corrected chi connectivity index (χ4v) is 6.91. The number of hydrogen-bond donors (Lipinski definition) is 2. The number of thioether (sulfide) groups is 1. The van der Waals surface area contributed by atoms with Crippen molar-refractivity contribution >= 4 is 38.4 Å². The molecule has 1 amide bonds. The van der Waals surface area contributed by atoms with Gasteiger partial charge < -0.3 is 20.1 Å². The van der Waals surface area contributed by atoms with Crippen LogP contribution in [0.2, 0.25) is 0 Å². The first kappa shape index (κ1) is 22.1. The van der Waals surface area contributed by atoms with Gasteiger partial charge in [-0.05, 0) is 38.1 Å². The Bertz CT molecular complexity index is 836. The number of sulfone groups is 1. The monoisotopic (exact) mass is 441 g/mol. The summed E-state index contributed by atoms with van der Waals surface area (Å²) in [5.41, 5.74) is 1.37. The molecule has 0 aliphatic carbocycles. The number of benzene rings is 1. The van der Waals surface area contributed by atoms with Crippen molar-refractivity contribution in [3.05, 3.63) is 29.8 Å². The zero-order valence-electron chi connectivity index (χ0n) is 16.6. The third kappa shape index (κ3) is 6.18. The van der Waals surface area contributed by atoms with Gasteiger partial charge in [0.15, 0.2) is 21.3 Å². The highest BCUT2D eigenvalue weighted by Gasteiger charge is 2.42. The van der Waals surface area contributed by atoms with Gasteiger partial charge in [0.05, 0.1) is 17.5 Å². The molecule has 10 heteroatoms. The summed E-state index contributed by atoms with van der Waals surface area (Å²) in [7, 11) is -2.95. The highest BCUT2D eigenvalue weighted by atomic mass is 32.2. The number of carbonyl (C=O) groups is 1. The molecule has 2 aliphatic rings. The molecule has 0 aromatic heterocycles. The summed E-state index contributed by atoms with van der Waals surface area (Å²) in [5.74, 6) is 0.155. The highest BCUT2D eigenvalue weighted by molar-refractivity contribution is 8.15. The lowest BCUT2D eigenvalue weighted by atomic mass is 10.2. The first-order valence-electron chi connectivity index (χ1n) is 9.73. The number of amidine groups is 1. The zero-order valence-corrected chi connectivity index (χ0v) is 18.2. The SMILES string of the molecule is CCOC(CCNC(=O)c1ccc(NC2=N[C@H]3CS(=O)(=O)C[C@H]3S2)cc1)OCC. The standard InChI is InChI=1S/C19H27N3O5S2/c1-3-26-17(27-4-2)9-10-20-18(23)13-5-7-14(8-6-13)21-19-22-15-11-29(24,25)12-16(15)28-19/h5-8,15-17H,3-4,9-12H2,1-2H3,(H,20,23)(H,21,22)/t15-,16+/m0/s1. The van der Waals surface area contributed by atoms with Crippen molar-refractivity contribution in [3.8, 4) is 0 Å². The molecule has 2 aliphatic heterocycles. The summed E-state index contributed by atoms with van der Waals surface area (Å²) in [6.07, 6.45) is 0.276. The van der Waals surface area contributed by atoms with Gasteiger partial charge in [-0.25, -0.2) is 8.42 Å². The summed E-state index contributed by atoms with van der Waals surface area (Å²) >= 11 is 1.47. The molecular formula is C19H27N3O5S2. The minimum absolute atomic E-state index is 0.00440. The van der Waals surface area contributed by atoms with Gasteiger partial charge in [-0.3, -0.25) is 9.79 Å². The molecule has 1 fully saturated rings. The van der Waals surface area contributed by atoms with E-state index in [2.05, 4.69) is 15.6 Å². The van der Waals surface area contributed by atoms with Crippen LogP contribution in [0.5, 0.6) is 0 Å². The number of anilines is 1. The van der Waals surface area contributed by atoms with Gasteiger partial charge in [-0.2, -0.15) is 0 Å². The number of aliphatic imine (C=N–C) groups is 1. The quantitative estimate of drug-likeness (QED) is 0.564. The Morgan fingerprint density at radius 2 is 1.90 bits per heavy atom. The van der Waals surface area contributed by atoms with E-state index in [1.165, 1.54) is 11.8 Å². The Morgan fingerprint density at radius 3 is 2.52 bits per heavy atom. The van der Waals surface area contributed by atoms with E-state index >= 15 is 0 Å². The number of fused-ring (bicyclic) bond motifs is 1. The van der Waals surface area contributed by atoms with Gasteiger partial charge >= 0.3 is 0 Å². The molecule has 29 heavy (non-hydrogen) atoms. The van der Waals surface area contributed by atoms with Crippen LogP contribution in [0.4, 0.5) is 5.69 Å². The average Bonchev–Trinajstić information content (AvgIpc) is 3.15. The molecule has 3 rings (SSSR count). The van der Waals surface area contributed by atoms with Crippen LogP contribution >= 0.6 is 11.8 Å². The molecule has 0 spiro atoms. The molecule has 0 bridgehead atoms. The molecule has 2 atom stereocenters. The van der Waals surface area contributed by atoms with Crippen LogP contribution < -0.4 is 10.6 Å². The Balaban J connectivity index is 1.47. The number of nitrogens with one attached hydrogen (secondary N) is 2. The molecule has 1 aromatic rings. The van der Waals surface area contributed by atoms with Crippen LogP contribution in [0.3, 0.4) is 0 Å². The van der Waals surface area contributed by atoms with E-state index in [4.69, 9.17) is 9.47 Å². The Kier molecular flexibility index (Phi) is 7.55. The summed E-state index contributed by atoms with van der Waals surface area (Å²) < 4.78 is 34.2. The second kappa shape index (κ2) is 9.92. The second-order valence-corrected chi connectivity index (χ2v) is 10.2. The fraction of sp³-hybridized carbons (Fsp3) is 0.579. The van der Waals surface area contributed by atoms with Gasteiger partial charge in [0.2, 0.25) is 0 Å². The lowest BCUT2D eigenvalue weighted by Crippen LogP contribution is -2.29. The number of carbonyl (C=O) groups excluding carboxylic acids is 1. The minimum Gasteiger partial charge on any atom is -0.353 e. The Hall–Kier alpha value is -1.62. The number of amides is 1. The predicted octanol–water partition coefficient (Wildman–Crippen LogP) is 1.89. The van der Waals surface area contributed by atoms with E-state index in [-0.39, 0.29) is 35.0 Å². The molecule has 1 aromatic carbocycles. The third-order valence-electron chi connectivity index (χ3n) is 4.59. The lowest BCUT2D eigenvalue weighted by molar-refractivity contribution is -0.138. The van der Waals surface area contributed by atoms with Crippen molar-refractivity contribution in [1.29, 1.82) is 0 Å². The molecule has 0 radical (unpaired) electrons. The largest absolute Gasteiger partial charge is 0.353 e. The maximum Gasteiger partial charge on any atom is 0.251 e. The van der Waals surface area contributed by atoms with Crippen molar-refractivity contribution in [2.75, 3.05) is 36.6 Å². The smallest absolute Gasteiger partial charge is 0.251 e. The number of hydrogen-bond acceptors (Lipinski definition) is 8. The zero-order chi connectivity index (χ0) is 20.9. The van der Waals surface area contributed by atoms with Crippen LogP contribution in [0.1, 0.15) is 30.6 Å². The van der Waals surface area contributed by atoms with Crippen LogP contribution in [0.15, 0.2) is 29.3 Å². The first-order chi connectivity index (χ1) is 13.9. The maximum atomic E-state index is 12.3. The van der Waals surface area contributed by atoms with E-state index in [1.807, 2.05) is 26.0 Å². The number of nitrogens with zero attached hydrogens (tertiary/aromatic N) is 1. The molecule has 2 N–H and O–H groups in total. The lowest BCUT2D eigenvalue weighted by Gasteiger charge is -2.17. The van der Waals surface area contributed by atoms with E-state index in [0.29, 0.717) is 31.7 Å². The summed E-state index contributed by atoms with van der Waals surface area (Å²) in [6, 6.07) is 6.95. The molecular weight excluding hydrogens is 414 g/mol. The molecule has 8 nitrogen and oxygen atoms in total. The maximum absolute atomic E-state index is 12.3.